The molecule has 94 valence electrons. The van der Waals surface area contributed by atoms with Crippen LogP contribution in [0.5, 0.6) is 0 Å². The quantitative estimate of drug-likeness (QED) is 0.887. The van der Waals surface area contributed by atoms with Gasteiger partial charge in [0, 0.05) is 25.1 Å². The van der Waals surface area contributed by atoms with Crippen molar-refractivity contribution in [3.8, 4) is 0 Å². The molecule has 2 aromatic heterocycles. The molecule has 0 aromatic carbocycles. The fraction of sp³-hybridized carbons (Fsp3) is 0.308. The van der Waals surface area contributed by atoms with Crippen LogP contribution in [0.25, 0.3) is 0 Å². The third kappa shape index (κ3) is 2.56. The van der Waals surface area contributed by atoms with Gasteiger partial charge in [-0.25, -0.2) is 4.98 Å². The van der Waals surface area contributed by atoms with E-state index >= 15 is 0 Å². The second-order valence-electron chi connectivity index (χ2n) is 3.99. The molecule has 2 rings (SSSR count). The number of nitrogens with zero attached hydrogens (tertiary/aromatic N) is 3. The summed E-state index contributed by atoms with van der Waals surface area (Å²) < 4.78 is 1.61. The van der Waals surface area contributed by atoms with Gasteiger partial charge in [-0.15, -0.1) is 0 Å². The van der Waals surface area contributed by atoms with Crippen molar-refractivity contribution < 1.29 is 0 Å². The number of hydrogen-bond acceptors (Lipinski definition) is 4. The summed E-state index contributed by atoms with van der Waals surface area (Å²) >= 11 is 0. The van der Waals surface area contributed by atoms with Crippen molar-refractivity contribution in [2.24, 2.45) is 0 Å². The number of hydrogen-bond donors (Lipinski definition) is 1. The molecule has 2 heterocycles. The van der Waals surface area contributed by atoms with Crippen LogP contribution in [0, 0.1) is 6.92 Å². The number of aryl methyl sites for hydroxylation is 2. The van der Waals surface area contributed by atoms with Gasteiger partial charge >= 0.3 is 0 Å². The first-order chi connectivity index (χ1) is 8.72. The lowest BCUT2D eigenvalue weighted by Gasteiger charge is -2.08. The van der Waals surface area contributed by atoms with Gasteiger partial charge in [-0.1, -0.05) is 6.07 Å². The van der Waals surface area contributed by atoms with Crippen LogP contribution in [0.15, 0.2) is 35.5 Å². The highest BCUT2D eigenvalue weighted by Crippen LogP contribution is 2.04. The Bertz CT molecular complexity index is 592. The fourth-order valence-electron chi connectivity index (χ4n) is 1.69. The summed E-state index contributed by atoms with van der Waals surface area (Å²) in [5, 5.41) is 3.04. The van der Waals surface area contributed by atoms with Crippen molar-refractivity contribution >= 4 is 5.82 Å². The Morgan fingerprint density at radius 3 is 2.89 bits per heavy atom. The molecule has 0 aliphatic heterocycles. The van der Waals surface area contributed by atoms with Gasteiger partial charge in [0.15, 0.2) is 5.82 Å². The molecule has 0 atom stereocenters. The molecule has 1 N–H and O–H groups in total. The first-order valence-corrected chi connectivity index (χ1v) is 5.92. The van der Waals surface area contributed by atoms with Gasteiger partial charge in [-0.05, 0) is 25.5 Å². The minimum absolute atomic E-state index is 0.103. The van der Waals surface area contributed by atoms with Gasteiger partial charge in [-0.3, -0.25) is 9.78 Å². The molecule has 0 unspecified atom stereocenters. The van der Waals surface area contributed by atoms with Crippen LogP contribution in [0.4, 0.5) is 5.82 Å². The van der Waals surface area contributed by atoms with Crippen molar-refractivity contribution in [1.82, 2.24) is 14.5 Å². The van der Waals surface area contributed by atoms with E-state index in [0.29, 0.717) is 18.9 Å². The van der Waals surface area contributed by atoms with Gasteiger partial charge in [-0.2, -0.15) is 0 Å². The maximum atomic E-state index is 11.9. The fourth-order valence-corrected chi connectivity index (χ4v) is 1.69. The molecule has 0 saturated carbocycles. The average molecular weight is 244 g/mol. The van der Waals surface area contributed by atoms with Crippen LogP contribution in [0.2, 0.25) is 0 Å². The van der Waals surface area contributed by atoms with Crippen LogP contribution < -0.4 is 10.9 Å². The van der Waals surface area contributed by atoms with Crippen molar-refractivity contribution in [3.05, 3.63) is 52.3 Å². The molecule has 0 saturated heterocycles. The van der Waals surface area contributed by atoms with Crippen LogP contribution in [-0.2, 0) is 13.1 Å². The molecule has 2 aromatic rings. The molecule has 0 fully saturated rings. The summed E-state index contributed by atoms with van der Waals surface area (Å²) in [5.41, 5.74) is 1.91. The minimum atomic E-state index is -0.103. The first-order valence-electron chi connectivity index (χ1n) is 5.92. The van der Waals surface area contributed by atoms with Gasteiger partial charge in [0.1, 0.15) is 0 Å². The summed E-state index contributed by atoms with van der Waals surface area (Å²) in [5.74, 6) is 0.365. The zero-order valence-corrected chi connectivity index (χ0v) is 10.6. The number of pyridine rings is 1. The third-order valence-electron chi connectivity index (χ3n) is 2.80. The second-order valence-corrected chi connectivity index (χ2v) is 3.99. The summed E-state index contributed by atoms with van der Waals surface area (Å²) in [6.07, 6.45) is 5.05. The molecule has 0 radical (unpaired) electrons. The SMILES string of the molecule is CCn1ccnc(NCc2ncccc2C)c1=O. The zero-order valence-electron chi connectivity index (χ0n) is 10.6. The molecule has 0 spiro atoms. The monoisotopic (exact) mass is 244 g/mol. The highest BCUT2D eigenvalue weighted by Gasteiger charge is 2.04. The number of rotatable bonds is 4. The van der Waals surface area contributed by atoms with Gasteiger partial charge in [0.25, 0.3) is 5.56 Å². The molecule has 0 bridgehead atoms. The Kier molecular flexibility index (Phi) is 3.72. The number of aromatic nitrogens is 3. The van der Waals surface area contributed by atoms with E-state index in [2.05, 4.69) is 15.3 Å². The second kappa shape index (κ2) is 5.44. The summed E-state index contributed by atoms with van der Waals surface area (Å²) in [4.78, 5) is 20.2. The predicted molar refractivity (Wildman–Crippen MR) is 70.5 cm³/mol. The minimum Gasteiger partial charge on any atom is -0.360 e. The molecular formula is C13H16N4O. The zero-order chi connectivity index (χ0) is 13.0. The summed E-state index contributed by atoms with van der Waals surface area (Å²) in [6, 6.07) is 3.89. The first kappa shape index (κ1) is 12.3. The van der Waals surface area contributed by atoms with E-state index in [0.717, 1.165) is 11.3 Å². The average Bonchev–Trinajstić information content (AvgIpc) is 2.39. The van der Waals surface area contributed by atoms with E-state index in [1.807, 2.05) is 26.0 Å². The normalized spacial score (nSPS) is 10.3. The standard InChI is InChI=1S/C13H16N4O/c1-3-17-8-7-15-12(13(17)18)16-9-11-10(2)5-4-6-14-11/h4-8H,3,9H2,1-2H3,(H,15,16). The molecule has 5 heteroatoms. The van der Waals surface area contributed by atoms with E-state index in [-0.39, 0.29) is 5.56 Å². The Morgan fingerprint density at radius 1 is 1.33 bits per heavy atom. The maximum Gasteiger partial charge on any atom is 0.293 e. The molecule has 5 nitrogen and oxygen atoms in total. The van der Waals surface area contributed by atoms with Crippen LogP contribution >= 0.6 is 0 Å². The van der Waals surface area contributed by atoms with E-state index in [9.17, 15) is 4.79 Å². The topological polar surface area (TPSA) is 59.8 Å². The number of nitrogens with one attached hydrogen (secondary N) is 1. The van der Waals surface area contributed by atoms with Gasteiger partial charge in [0.2, 0.25) is 0 Å². The largest absolute Gasteiger partial charge is 0.360 e. The highest BCUT2D eigenvalue weighted by atomic mass is 16.1. The lowest BCUT2D eigenvalue weighted by atomic mass is 10.2. The third-order valence-corrected chi connectivity index (χ3v) is 2.80. The van der Waals surface area contributed by atoms with Crippen molar-refractivity contribution in [3.63, 3.8) is 0 Å². The molecule has 0 aliphatic rings. The van der Waals surface area contributed by atoms with E-state index < -0.39 is 0 Å². The Hall–Kier alpha value is -2.17. The van der Waals surface area contributed by atoms with Crippen LogP contribution in [0.3, 0.4) is 0 Å². The number of anilines is 1. The van der Waals surface area contributed by atoms with E-state index in [1.54, 1.807) is 23.2 Å². The van der Waals surface area contributed by atoms with Crippen molar-refractivity contribution in [1.29, 1.82) is 0 Å². The predicted octanol–water partition coefficient (Wildman–Crippen LogP) is 1.58. The molecule has 0 amide bonds. The lowest BCUT2D eigenvalue weighted by Crippen LogP contribution is -2.23. The molecule has 18 heavy (non-hydrogen) atoms. The van der Waals surface area contributed by atoms with E-state index in [1.165, 1.54) is 0 Å². The highest BCUT2D eigenvalue weighted by molar-refractivity contribution is 5.32. The smallest absolute Gasteiger partial charge is 0.293 e. The van der Waals surface area contributed by atoms with E-state index in [4.69, 9.17) is 0 Å². The van der Waals surface area contributed by atoms with Crippen molar-refractivity contribution in [2.75, 3.05) is 5.32 Å². The van der Waals surface area contributed by atoms with Crippen molar-refractivity contribution in [2.45, 2.75) is 26.9 Å². The van der Waals surface area contributed by atoms with Gasteiger partial charge in [0.05, 0.1) is 12.2 Å². The Labute approximate surface area is 106 Å². The van der Waals surface area contributed by atoms with Crippen LogP contribution in [-0.4, -0.2) is 14.5 Å². The van der Waals surface area contributed by atoms with Gasteiger partial charge < -0.3 is 9.88 Å². The van der Waals surface area contributed by atoms with Crippen LogP contribution in [0.1, 0.15) is 18.2 Å². The molecule has 0 aliphatic carbocycles. The molecular weight excluding hydrogens is 228 g/mol. The Balaban J connectivity index is 2.16. The summed E-state index contributed by atoms with van der Waals surface area (Å²) in [7, 11) is 0. The Morgan fingerprint density at radius 2 is 2.17 bits per heavy atom. The summed E-state index contributed by atoms with van der Waals surface area (Å²) in [6.45, 7) is 5.06. The lowest BCUT2D eigenvalue weighted by molar-refractivity contribution is 0.718. The maximum absolute atomic E-state index is 11.9.